The molecule has 1 saturated heterocycles. The van der Waals surface area contributed by atoms with E-state index in [1.807, 2.05) is 48.8 Å². The normalized spacial score (nSPS) is 15.6. The van der Waals surface area contributed by atoms with Crippen LogP contribution in [-0.2, 0) is 4.74 Å². The standard InChI is InChI=1S/C21H24N6O2/c1-28-18-4-2-3-17(13-18)19-14-24-26-21(25-19)23-15-20(16-5-7-22-8-6-16)27-9-11-29-12-10-27/h2-8,13-14,20H,9-12,15H2,1H3,(H,23,25,26)/t20-/m0/s1. The predicted molar refractivity (Wildman–Crippen MR) is 110 cm³/mol. The first-order chi connectivity index (χ1) is 14.3. The number of ether oxygens (including phenoxy) is 2. The summed E-state index contributed by atoms with van der Waals surface area (Å²) in [7, 11) is 1.65. The van der Waals surface area contributed by atoms with E-state index < -0.39 is 0 Å². The van der Waals surface area contributed by atoms with Crippen molar-refractivity contribution in [3.05, 3.63) is 60.6 Å². The Morgan fingerprint density at radius 2 is 2.00 bits per heavy atom. The number of pyridine rings is 1. The van der Waals surface area contributed by atoms with Crippen LogP contribution >= 0.6 is 0 Å². The Kier molecular flexibility index (Phi) is 6.23. The Balaban J connectivity index is 1.51. The maximum Gasteiger partial charge on any atom is 0.243 e. The van der Waals surface area contributed by atoms with E-state index in [2.05, 4.69) is 30.4 Å². The Morgan fingerprint density at radius 1 is 1.17 bits per heavy atom. The summed E-state index contributed by atoms with van der Waals surface area (Å²) in [6, 6.07) is 12.0. The Bertz CT molecular complexity index is 918. The predicted octanol–water partition coefficient (Wildman–Crippen LogP) is 2.43. The molecule has 1 aliphatic rings. The fourth-order valence-electron chi connectivity index (χ4n) is 3.42. The zero-order valence-electron chi connectivity index (χ0n) is 16.4. The Labute approximate surface area is 169 Å². The minimum absolute atomic E-state index is 0.172. The molecule has 0 saturated carbocycles. The van der Waals surface area contributed by atoms with Crippen molar-refractivity contribution in [1.82, 2.24) is 25.1 Å². The van der Waals surface area contributed by atoms with Crippen molar-refractivity contribution in [3.63, 3.8) is 0 Å². The van der Waals surface area contributed by atoms with Gasteiger partial charge in [0.25, 0.3) is 0 Å². The largest absolute Gasteiger partial charge is 0.497 e. The number of anilines is 1. The minimum Gasteiger partial charge on any atom is -0.497 e. The molecule has 0 aliphatic carbocycles. The van der Waals surface area contributed by atoms with Gasteiger partial charge in [-0.05, 0) is 29.8 Å². The van der Waals surface area contributed by atoms with Crippen molar-refractivity contribution in [2.75, 3.05) is 45.3 Å². The highest BCUT2D eigenvalue weighted by atomic mass is 16.5. The van der Waals surface area contributed by atoms with E-state index >= 15 is 0 Å². The number of methoxy groups -OCH3 is 1. The van der Waals surface area contributed by atoms with Crippen molar-refractivity contribution < 1.29 is 9.47 Å². The second kappa shape index (κ2) is 9.40. The van der Waals surface area contributed by atoms with E-state index in [-0.39, 0.29) is 6.04 Å². The van der Waals surface area contributed by atoms with Gasteiger partial charge >= 0.3 is 0 Å². The quantitative estimate of drug-likeness (QED) is 0.656. The maximum absolute atomic E-state index is 5.51. The van der Waals surface area contributed by atoms with Crippen LogP contribution in [0, 0.1) is 0 Å². The summed E-state index contributed by atoms with van der Waals surface area (Å²) in [4.78, 5) is 11.2. The molecular formula is C21H24N6O2. The molecule has 8 nitrogen and oxygen atoms in total. The van der Waals surface area contributed by atoms with Crippen LogP contribution < -0.4 is 10.1 Å². The topological polar surface area (TPSA) is 85.3 Å². The highest BCUT2D eigenvalue weighted by molar-refractivity contribution is 5.61. The summed E-state index contributed by atoms with van der Waals surface area (Å²) in [5, 5.41) is 11.6. The highest BCUT2D eigenvalue weighted by Gasteiger charge is 2.22. The number of hydrogen-bond donors (Lipinski definition) is 1. The first-order valence-electron chi connectivity index (χ1n) is 9.63. The number of nitrogens with one attached hydrogen (secondary N) is 1. The number of rotatable bonds is 7. The molecule has 4 rings (SSSR count). The number of hydrogen-bond acceptors (Lipinski definition) is 8. The van der Waals surface area contributed by atoms with Crippen LogP contribution in [0.1, 0.15) is 11.6 Å². The molecule has 0 amide bonds. The first kappa shape index (κ1) is 19.2. The first-order valence-corrected chi connectivity index (χ1v) is 9.63. The third kappa shape index (κ3) is 4.85. The molecule has 1 N–H and O–H groups in total. The third-order valence-electron chi connectivity index (χ3n) is 4.96. The van der Waals surface area contributed by atoms with Gasteiger partial charge in [0.15, 0.2) is 0 Å². The summed E-state index contributed by atoms with van der Waals surface area (Å²) in [6.07, 6.45) is 5.30. The zero-order valence-corrected chi connectivity index (χ0v) is 16.4. The molecule has 8 heteroatoms. The zero-order chi connectivity index (χ0) is 19.9. The van der Waals surface area contributed by atoms with Crippen LogP contribution in [-0.4, -0.2) is 65.0 Å². The van der Waals surface area contributed by atoms with Crippen LogP contribution in [0.25, 0.3) is 11.3 Å². The van der Waals surface area contributed by atoms with Gasteiger partial charge in [0.2, 0.25) is 5.95 Å². The number of morpholine rings is 1. The molecule has 3 aromatic rings. The third-order valence-corrected chi connectivity index (χ3v) is 4.96. The van der Waals surface area contributed by atoms with Gasteiger partial charge in [0.05, 0.1) is 38.3 Å². The maximum atomic E-state index is 5.51. The van der Waals surface area contributed by atoms with Crippen molar-refractivity contribution in [1.29, 1.82) is 0 Å². The molecule has 0 radical (unpaired) electrons. The summed E-state index contributed by atoms with van der Waals surface area (Å²) < 4.78 is 10.8. The smallest absolute Gasteiger partial charge is 0.243 e. The lowest BCUT2D eigenvalue weighted by molar-refractivity contribution is 0.0186. The van der Waals surface area contributed by atoms with Gasteiger partial charge in [-0.1, -0.05) is 12.1 Å². The lowest BCUT2D eigenvalue weighted by Gasteiger charge is -2.34. The van der Waals surface area contributed by atoms with Gasteiger partial charge in [-0.3, -0.25) is 9.88 Å². The second-order valence-corrected chi connectivity index (χ2v) is 6.72. The second-order valence-electron chi connectivity index (χ2n) is 6.72. The molecule has 1 atom stereocenters. The van der Waals surface area contributed by atoms with E-state index in [0.717, 1.165) is 43.3 Å². The van der Waals surface area contributed by atoms with Crippen molar-refractivity contribution in [2.24, 2.45) is 0 Å². The average Bonchev–Trinajstić information content (AvgIpc) is 2.81. The van der Waals surface area contributed by atoms with E-state index in [9.17, 15) is 0 Å². The number of nitrogens with zero attached hydrogens (tertiary/aromatic N) is 5. The van der Waals surface area contributed by atoms with Gasteiger partial charge in [0.1, 0.15) is 5.75 Å². The summed E-state index contributed by atoms with van der Waals surface area (Å²) in [6.45, 7) is 3.92. The number of benzene rings is 1. The van der Waals surface area contributed by atoms with Gasteiger partial charge in [0, 0.05) is 37.6 Å². The van der Waals surface area contributed by atoms with Gasteiger partial charge in [-0.2, -0.15) is 5.10 Å². The fourth-order valence-corrected chi connectivity index (χ4v) is 3.42. The summed E-state index contributed by atoms with van der Waals surface area (Å²) >= 11 is 0. The average molecular weight is 392 g/mol. The fraction of sp³-hybridized carbons (Fsp3) is 0.333. The van der Waals surface area contributed by atoms with Crippen molar-refractivity contribution in [3.8, 4) is 17.0 Å². The summed E-state index contributed by atoms with van der Waals surface area (Å²) in [5.74, 6) is 1.28. The minimum atomic E-state index is 0.172. The van der Waals surface area contributed by atoms with E-state index in [0.29, 0.717) is 12.5 Å². The summed E-state index contributed by atoms with van der Waals surface area (Å²) in [5.41, 5.74) is 2.88. The van der Waals surface area contributed by atoms with Crippen molar-refractivity contribution in [2.45, 2.75) is 6.04 Å². The van der Waals surface area contributed by atoms with E-state index in [1.165, 1.54) is 5.56 Å². The molecule has 0 unspecified atom stereocenters. The van der Waals surface area contributed by atoms with Crippen LogP contribution in [0.2, 0.25) is 0 Å². The molecule has 1 aliphatic heterocycles. The number of aromatic nitrogens is 4. The molecule has 1 fully saturated rings. The molecule has 29 heavy (non-hydrogen) atoms. The molecular weight excluding hydrogens is 368 g/mol. The molecule has 3 heterocycles. The van der Waals surface area contributed by atoms with E-state index in [1.54, 1.807) is 13.3 Å². The molecule has 150 valence electrons. The van der Waals surface area contributed by atoms with Crippen molar-refractivity contribution >= 4 is 5.95 Å². The van der Waals surface area contributed by atoms with E-state index in [4.69, 9.17) is 9.47 Å². The van der Waals surface area contributed by atoms with Gasteiger partial charge in [-0.15, -0.1) is 5.10 Å². The monoisotopic (exact) mass is 392 g/mol. The molecule has 0 bridgehead atoms. The molecule has 2 aromatic heterocycles. The van der Waals surface area contributed by atoms with Gasteiger partial charge < -0.3 is 14.8 Å². The molecule has 1 aromatic carbocycles. The van der Waals surface area contributed by atoms with Crippen LogP contribution in [0.5, 0.6) is 5.75 Å². The Morgan fingerprint density at radius 3 is 2.79 bits per heavy atom. The SMILES string of the molecule is COc1cccc(-c2cnnc(NC[C@@H](c3ccncc3)N3CCOCC3)n2)c1. The molecule has 0 spiro atoms. The lowest BCUT2D eigenvalue weighted by Crippen LogP contribution is -2.41. The lowest BCUT2D eigenvalue weighted by atomic mass is 10.1. The van der Waals surface area contributed by atoms with Crippen LogP contribution in [0.4, 0.5) is 5.95 Å². The van der Waals surface area contributed by atoms with Crippen LogP contribution in [0.3, 0.4) is 0 Å². The van der Waals surface area contributed by atoms with Gasteiger partial charge in [-0.25, -0.2) is 4.98 Å². The Hall–Kier alpha value is -3.10. The van der Waals surface area contributed by atoms with Crippen LogP contribution in [0.15, 0.2) is 55.0 Å². The highest BCUT2D eigenvalue weighted by Crippen LogP contribution is 2.24.